The van der Waals surface area contributed by atoms with Crippen LogP contribution in [-0.2, 0) is 32.7 Å². The van der Waals surface area contributed by atoms with Crippen LogP contribution in [0.15, 0.2) is 60.8 Å². The molecular formula is C53H93O13P. The summed E-state index contributed by atoms with van der Waals surface area (Å²) in [6.45, 7) is 3.23. The number of aliphatic hydroxyl groups excluding tert-OH is 5. The van der Waals surface area contributed by atoms with Gasteiger partial charge in [0.2, 0.25) is 0 Å². The number of hydrogen-bond donors (Lipinski definition) is 6. The summed E-state index contributed by atoms with van der Waals surface area (Å²) in [7, 11) is -5.14. The summed E-state index contributed by atoms with van der Waals surface area (Å²) in [5.41, 5.74) is 0. The molecule has 0 spiro atoms. The molecule has 1 aliphatic rings. The number of unbranched alkanes of at least 4 members (excludes halogenated alkanes) is 21. The highest BCUT2D eigenvalue weighted by Gasteiger charge is 2.51. The van der Waals surface area contributed by atoms with Crippen molar-refractivity contribution in [3.63, 3.8) is 0 Å². The van der Waals surface area contributed by atoms with Gasteiger partial charge in [0.25, 0.3) is 0 Å². The van der Waals surface area contributed by atoms with Crippen LogP contribution in [0.2, 0.25) is 0 Å². The van der Waals surface area contributed by atoms with Gasteiger partial charge in [0, 0.05) is 12.8 Å². The maximum absolute atomic E-state index is 12.8. The first-order valence-electron chi connectivity index (χ1n) is 26.1. The van der Waals surface area contributed by atoms with Crippen molar-refractivity contribution in [3.05, 3.63) is 60.8 Å². The lowest BCUT2D eigenvalue weighted by atomic mass is 9.85. The van der Waals surface area contributed by atoms with Crippen LogP contribution < -0.4 is 0 Å². The molecule has 0 aliphatic heterocycles. The van der Waals surface area contributed by atoms with Gasteiger partial charge in [0.15, 0.2) is 6.10 Å². The van der Waals surface area contributed by atoms with E-state index >= 15 is 0 Å². The van der Waals surface area contributed by atoms with Crippen LogP contribution in [0.3, 0.4) is 0 Å². The molecular weight excluding hydrogens is 876 g/mol. The van der Waals surface area contributed by atoms with E-state index in [4.69, 9.17) is 18.5 Å². The van der Waals surface area contributed by atoms with Gasteiger partial charge in [0.1, 0.15) is 43.2 Å². The van der Waals surface area contributed by atoms with Gasteiger partial charge in [-0.15, -0.1) is 0 Å². The topological polar surface area (TPSA) is 210 Å². The molecule has 6 unspecified atom stereocenters. The molecule has 8 atom stereocenters. The molecule has 1 rings (SSSR count). The standard InChI is InChI=1S/C53H93O13P/c1-3-5-7-9-11-13-15-17-19-20-21-22-23-24-25-26-28-30-32-34-36-38-40-42-47(55)65-45(44-64-67(61,62)66-53-51(59)49(57)48(56)50(58)52(53)60)43-63-46(54)41-39-37-35-33-31-29-27-18-16-14-12-10-8-6-4-2/h12,14,18,26-28,31,33-34,36,45,48-53,56-60H,3-11,13,15-17,19-25,29-30,32,35,37-44H2,1-2H3,(H,61,62)/b14-12+,27-18+,28-26+,33-31+,36-34+/t45-,48?,49-,50?,51?,52?,53?/m1/s1. The SMILES string of the molecule is CCCCC/C=C/C/C=C/C/C=C/CCCCC(=O)OC[C@H](COP(=O)(O)OC1C(O)C(O)C(O)[C@@H](O)C1O)OC(=O)CCC/C=C/CC/C=C/CCCCCCCCCCCCCCCC. The van der Waals surface area contributed by atoms with Crippen molar-refractivity contribution in [3.8, 4) is 0 Å². The van der Waals surface area contributed by atoms with E-state index in [9.17, 15) is 44.6 Å². The molecule has 0 radical (unpaired) electrons. The third-order valence-corrected chi connectivity index (χ3v) is 12.8. The third-order valence-electron chi connectivity index (χ3n) is 11.8. The lowest BCUT2D eigenvalue weighted by molar-refractivity contribution is -0.220. The molecule has 0 saturated heterocycles. The highest BCUT2D eigenvalue weighted by atomic mass is 31.2. The zero-order valence-corrected chi connectivity index (χ0v) is 42.3. The number of esters is 2. The summed E-state index contributed by atoms with van der Waals surface area (Å²) in [6.07, 6.45) is 40.0. The van der Waals surface area contributed by atoms with E-state index in [2.05, 4.69) is 68.5 Å². The number of rotatable bonds is 43. The lowest BCUT2D eigenvalue weighted by Crippen LogP contribution is -2.64. The van der Waals surface area contributed by atoms with Gasteiger partial charge >= 0.3 is 19.8 Å². The van der Waals surface area contributed by atoms with Crippen LogP contribution in [0.4, 0.5) is 0 Å². The predicted molar refractivity (Wildman–Crippen MR) is 267 cm³/mol. The number of carbonyl (C=O) groups is 2. The summed E-state index contributed by atoms with van der Waals surface area (Å²) in [6, 6.07) is 0. The third kappa shape index (κ3) is 34.5. The van der Waals surface area contributed by atoms with Crippen molar-refractivity contribution in [1.82, 2.24) is 0 Å². The summed E-state index contributed by atoms with van der Waals surface area (Å²) in [4.78, 5) is 35.8. The van der Waals surface area contributed by atoms with Crippen molar-refractivity contribution in [2.45, 2.75) is 249 Å². The maximum atomic E-state index is 12.8. The molecule has 1 aliphatic carbocycles. The van der Waals surface area contributed by atoms with Gasteiger partial charge in [-0.2, -0.15) is 0 Å². The highest BCUT2D eigenvalue weighted by molar-refractivity contribution is 7.47. The normalized spacial score (nSPS) is 21.6. The second-order valence-corrected chi connectivity index (χ2v) is 19.4. The second-order valence-electron chi connectivity index (χ2n) is 18.0. The number of phosphoric ester groups is 1. The van der Waals surface area contributed by atoms with Crippen LogP contribution in [-0.4, -0.2) is 98.3 Å². The Bertz CT molecular complexity index is 1400. The number of ether oxygens (including phenoxy) is 2. The van der Waals surface area contributed by atoms with Gasteiger partial charge in [-0.3, -0.25) is 18.6 Å². The van der Waals surface area contributed by atoms with Gasteiger partial charge in [-0.1, -0.05) is 171 Å². The fraction of sp³-hybridized carbons (Fsp3) is 0.774. The van der Waals surface area contributed by atoms with Crippen LogP contribution in [0.5, 0.6) is 0 Å². The number of phosphoric acid groups is 1. The summed E-state index contributed by atoms with van der Waals surface area (Å²) in [5, 5.41) is 50.2. The Kier molecular flexibility index (Phi) is 39.6. The van der Waals surface area contributed by atoms with E-state index in [1.54, 1.807) is 0 Å². The van der Waals surface area contributed by atoms with Crippen molar-refractivity contribution < 1.29 is 63.1 Å². The molecule has 0 aromatic carbocycles. The number of carbonyl (C=O) groups excluding carboxylic acids is 2. The van der Waals surface area contributed by atoms with Gasteiger partial charge in [-0.05, 0) is 83.5 Å². The van der Waals surface area contributed by atoms with Crippen LogP contribution >= 0.6 is 7.82 Å². The molecule has 14 heteroatoms. The first-order chi connectivity index (χ1) is 32.4. The Hall–Kier alpha value is -2.45. The Balaban J connectivity index is 2.43. The van der Waals surface area contributed by atoms with E-state index < -0.39 is 75.7 Å². The first kappa shape index (κ1) is 62.6. The molecule has 67 heavy (non-hydrogen) atoms. The summed E-state index contributed by atoms with van der Waals surface area (Å²) >= 11 is 0. The van der Waals surface area contributed by atoms with Gasteiger partial charge < -0.3 is 39.9 Å². The van der Waals surface area contributed by atoms with Gasteiger partial charge in [0.05, 0.1) is 6.61 Å². The molecule has 6 N–H and O–H groups in total. The molecule has 1 saturated carbocycles. The van der Waals surface area contributed by atoms with Crippen molar-refractivity contribution in [2.75, 3.05) is 13.2 Å². The largest absolute Gasteiger partial charge is 0.472 e. The first-order valence-corrected chi connectivity index (χ1v) is 27.6. The quantitative estimate of drug-likeness (QED) is 0.0146. The second kappa shape index (κ2) is 42.4. The predicted octanol–water partition coefficient (Wildman–Crippen LogP) is 11.3. The minimum absolute atomic E-state index is 0.0270. The van der Waals surface area contributed by atoms with E-state index in [1.807, 2.05) is 6.08 Å². The molecule has 388 valence electrons. The fourth-order valence-electron chi connectivity index (χ4n) is 7.61. The smallest absolute Gasteiger partial charge is 0.462 e. The van der Waals surface area contributed by atoms with E-state index in [0.29, 0.717) is 19.3 Å². The Morgan fingerprint density at radius 3 is 1.36 bits per heavy atom. The van der Waals surface area contributed by atoms with Crippen molar-refractivity contribution >= 4 is 19.8 Å². The van der Waals surface area contributed by atoms with Crippen molar-refractivity contribution in [1.29, 1.82) is 0 Å². The highest BCUT2D eigenvalue weighted by Crippen LogP contribution is 2.47. The number of aliphatic hydroxyl groups is 5. The Labute approximate surface area is 404 Å². The lowest BCUT2D eigenvalue weighted by Gasteiger charge is -2.41. The average molecular weight is 969 g/mol. The monoisotopic (exact) mass is 969 g/mol. The maximum Gasteiger partial charge on any atom is 0.472 e. The minimum atomic E-state index is -5.14. The van der Waals surface area contributed by atoms with E-state index in [-0.39, 0.29) is 12.8 Å². The number of allylic oxidation sites excluding steroid dienone is 10. The van der Waals surface area contributed by atoms with E-state index in [0.717, 1.165) is 51.4 Å². The number of hydrogen-bond acceptors (Lipinski definition) is 12. The van der Waals surface area contributed by atoms with E-state index in [1.165, 1.54) is 109 Å². The zero-order chi connectivity index (χ0) is 49.2. The molecule has 0 bridgehead atoms. The van der Waals surface area contributed by atoms with Gasteiger partial charge in [-0.25, -0.2) is 4.57 Å². The van der Waals surface area contributed by atoms with Crippen molar-refractivity contribution in [2.24, 2.45) is 0 Å². The van der Waals surface area contributed by atoms with Crippen LogP contribution in [0.1, 0.15) is 206 Å². The summed E-state index contributed by atoms with van der Waals surface area (Å²) < 4.78 is 33.5. The minimum Gasteiger partial charge on any atom is -0.462 e. The zero-order valence-electron chi connectivity index (χ0n) is 41.4. The molecule has 0 aromatic heterocycles. The van der Waals surface area contributed by atoms with Crippen LogP contribution in [0.25, 0.3) is 0 Å². The molecule has 0 heterocycles. The molecule has 1 fully saturated rings. The Morgan fingerprint density at radius 1 is 0.463 bits per heavy atom. The average Bonchev–Trinajstić information content (AvgIpc) is 3.31. The molecule has 0 amide bonds. The Morgan fingerprint density at radius 2 is 0.836 bits per heavy atom. The fourth-order valence-corrected chi connectivity index (χ4v) is 8.58. The summed E-state index contributed by atoms with van der Waals surface area (Å²) in [5.74, 6) is -1.19. The van der Waals surface area contributed by atoms with Crippen LogP contribution in [0, 0.1) is 0 Å². The molecule has 0 aromatic rings. The molecule has 13 nitrogen and oxygen atoms in total.